The molecule has 3 heteroatoms. The van der Waals surface area contributed by atoms with Gasteiger partial charge >= 0.3 is 0 Å². The van der Waals surface area contributed by atoms with Crippen molar-refractivity contribution in [2.45, 2.75) is 44.1 Å². The van der Waals surface area contributed by atoms with E-state index >= 15 is 0 Å². The number of rotatable bonds is 7. The summed E-state index contributed by atoms with van der Waals surface area (Å²) in [6.07, 6.45) is 7.96. The normalized spacial score (nSPS) is 19.4. The molecule has 4 aromatic rings. The summed E-state index contributed by atoms with van der Waals surface area (Å²) in [7, 11) is 0. The van der Waals surface area contributed by atoms with Crippen molar-refractivity contribution >= 4 is 10.9 Å². The molecule has 0 bridgehead atoms. The molecule has 0 amide bonds. The van der Waals surface area contributed by atoms with Crippen LogP contribution in [0.2, 0.25) is 0 Å². The molecule has 3 aromatic carbocycles. The topological polar surface area (TPSA) is 39.3 Å². The first kappa shape index (κ1) is 20.8. The Hall–Kier alpha value is -3.04. The van der Waals surface area contributed by atoms with Gasteiger partial charge in [-0.15, -0.1) is 0 Å². The minimum Gasteiger partial charge on any atom is -0.508 e. The fourth-order valence-corrected chi connectivity index (χ4v) is 5.49. The number of likely N-dealkylation sites (tertiary alicyclic amines) is 1. The maximum absolute atomic E-state index is 10.7. The second kappa shape index (κ2) is 9.62. The molecule has 0 saturated carbocycles. The van der Waals surface area contributed by atoms with Crippen molar-refractivity contribution in [1.29, 1.82) is 0 Å². The number of H-pyrrole nitrogens is 1. The Bertz CT molecular complexity index is 1150. The molecule has 1 aliphatic heterocycles. The van der Waals surface area contributed by atoms with E-state index in [1.165, 1.54) is 34.9 Å². The van der Waals surface area contributed by atoms with Gasteiger partial charge in [0.15, 0.2) is 0 Å². The Morgan fingerprint density at radius 1 is 0.875 bits per heavy atom. The zero-order valence-electron chi connectivity index (χ0n) is 18.6. The number of hydrogen-bond acceptors (Lipinski definition) is 2. The van der Waals surface area contributed by atoms with E-state index in [1.807, 2.05) is 12.1 Å². The molecule has 2 N–H and O–H groups in total. The number of aromatic nitrogens is 1. The molecule has 0 spiro atoms. The maximum atomic E-state index is 10.7. The smallest absolute Gasteiger partial charge is 0.120 e. The van der Waals surface area contributed by atoms with Gasteiger partial charge in [0.2, 0.25) is 0 Å². The largest absolute Gasteiger partial charge is 0.508 e. The van der Waals surface area contributed by atoms with Crippen LogP contribution < -0.4 is 0 Å². The van der Waals surface area contributed by atoms with Crippen molar-refractivity contribution in [3.63, 3.8) is 0 Å². The summed E-state index contributed by atoms with van der Waals surface area (Å²) in [5.41, 5.74) is 5.09. The first-order valence-corrected chi connectivity index (χ1v) is 11.9. The molecule has 3 nitrogen and oxygen atoms in total. The lowest BCUT2D eigenvalue weighted by Crippen LogP contribution is -2.38. The summed E-state index contributed by atoms with van der Waals surface area (Å²) in [5.74, 6) is 0.830. The van der Waals surface area contributed by atoms with Gasteiger partial charge in [-0.25, -0.2) is 0 Å². The molecule has 32 heavy (non-hydrogen) atoms. The minimum absolute atomic E-state index is 0.223. The number of nitrogens with one attached hydrogen (secondary N) is 1. The summed E-state index contributed by atoms with van der Waals surface area (Å²) in [5, 5.41) is 12.1. The SMILES string of the molecule is Oc1ccccc1C1C(c2ccccc2)CCCN1CCCCc1c[nH]c2ccccc12. The van der Waals surface area contributed by atoms with Gasteiger partial charge in [0, 0.05) is 34.6 Å². The Labute approximate surface area is 190 Å². The van der Waals surface area contributed by atoms with Crippen molar-refractivity contribution in [2.24, 2.45) is 0 Å². The molecule has 1 fully saturated rings. The lowest BCUT2D eigenvalue weighted by Gasteiger charge is -2.42. The Balaban J connectivity index is 1.31. The van der Waals surface area contributed by atoms with Gasteiger partial charge in [-0.05, 0) is 68.5 Å². The van der Waals surface area contributed by atoms with Gasteiger partial charge < -0.3 is 10.1 Å². The highest BCUT2D eigenvalue weighted by atomic mass is 16.3. The lowest BCUT2D eigenvalue weighted by atomic mass is 9.79. The van der Waals surface area contributed by atoms with Crippen LogP contribution in [0.3, 0.4) is 0 Å². The zero-order chi connectivity index (χ0) is 21.8. The van der Waals surface area contributed by atoms with Crippen molar-refractivity contribution in [3.8, 4) is 5.75 Å². The number of aromatic amines is 1. The second-order valence-electron chi connectivity index (χ2n) is 9.02. The molecule has 2 unspecified atom stereocenters. The van der Waals surface area contributed by atoms with Crippen LogP contribution in [-0.4, -0.2) is 28.1 Å². The Kier molecular flexibility index (Phi) is 6.27. The Morgan fingerprint density at radius 2 is 1.66 bits per heavy atom. The molecule has 1 saturated heterocycles. The summed E-state index contributed by atoms with van der Waals surface area (Å²) < 4.78 is 0. The van der Waals surface area contributed by atoms with Crippen LogP contribution in [-0.2, 0) is 6.42 Å². The zero-order valence-corrected chi connectivity index (χ0v) is 18.6. The molecule has 0 aliphatic carbocycles. The third-order valence-electron chi connectivity index (χ3n) is 7.03. The van der Waals surface area contributed by atoms with Gasteiger partial charge in [-0.3, -0.25) is 4.90 Å². The number of unbranched alkanes of at least 4 members (excludes halogenated alkanes) is 1. The quantitative estimate of drug-likeness (QED) is 0.320. The first-order chi connectivity index (χ1) is 15.8. The van der Waals surface area contributed by atoms with Crippen LogP contribution >= 0.6 is 0 Å². The number of para-hydroxylation sites is 2. The van der Waals surface area contributed by atoms with Gasteiger partial charge in [0.05, 0.1) is 0 Å². The molecule has 5 rings (SSSR count). The molecular weight excluding hydrogens is 392 g/mol. The van der Waals surface area contributed by atoms with E-state index in [-0.39, 0.29) is 6.04 Å². The molecule has 164 valence electrons. The van der Waals surface area contributed by atoms with E-state index in [0.717, 1.165) is 37.9 Å². The molecular formula is C29H32N2O. The maximum Gasteiger partial charge on any atom is 0.120 e. The van der Waals surface area contributed by atoms with E-state index in [1.54, 1.807) is 0 Å². The summed E-state index contributed by atoms with van der Waals surface area (Å²) in [6.45, 7) is 2.15. The number of fused-ring (bicyclic) bond motifs is 1. The second-order valence-corrected chi connectivity index (χ2v) is 9.02. The van der Waals surface area contributed by atoms with Crippen molar-refractivity contribution in [2.75, 3.05) is 13.1 Å². The van der Waals surface area contributed by atoms with Crippen molar-refractivity contribution in [3.05, 3.63) is 102 Å². The number of phenolic OH excluding ortho intramolecular Hbond substituents is 1. The number of aryl methyl sites for hydroxylation is 1. The highest BCUT2D eigenvalue weighted by molar-refractivity contribution is 5.82. The van der Waals surface area contributed by atoms with E-state index in [9.17, 15) is 5.11 Å². The van der Waals surface area contributed by atoms with Gasteiger partial charge in [-0.1, -0.05) is 66.7 Å². The number of hydrogen-bond donors (Lipinski definition) is 2. The average Bonchev–Trinajstić information content (AvgIpc) is 3.26. The number of benzene rings is 3. The summed E-state index contributed by atoms with van der Waals surface area (Å²) >= 11 is 0. The molecule has 2 heterocycles. The first-order valence-electron chi connectivity index (χ1n) is 11.9. The highest BCUT2D eigenvalue weighted by Gasteiger charge is 2.34. The predicted octanol–water partition coefficient (Wildman–Crippen LogP) is 6.82. The van der Waals surface area contributed by atoms with E-state index in [2.05, 4.69) is 82.8 Å². The van der Waals surface area contributed by atoms with Crippen LogP contribution in [0, 0.1) is 0 Å². The van der Waals surface area contributed by atoms with Crippen LogP contribution in [0.1, 0.15) is 54.3 Å². The van der Waals surface area contributed by atoms with E-state index < -0.39 is 0 Å². The third-order valence-corrected chi connectivity index (χ3v) is 7.03. The van der Waals surface area contributed by atoms with Crippen molar-refractivity contribution in [1.82, 2.24) is 9.88 Å². The number of aromatic hydroxyl groups is 1. The fourth-order valence-electron chi connectivity index (χ4n) is 5.49. The number of nitrogens with zero attached hydrogens (tertiary/aromatic N) is 1. The van der Waals surface area contributed by atoms with Crippen LogP contribution in [0.25, 0.3) is 10.9 Å². The van der Waals surface area contributed by atoms with Crippen LogP contribution in [0.15, 0.2) is 85.1 Å². The molecule has 1 aliphatic rings. The number of piperidine rings is 1. The molecule has 2 atom stereocenters. The fraction of sp³-hybridized carbons (Fsp3) is 0.310. The van der Waals surface area contributed by atoms with Gasteiger partial charge in [0.1, 0.15) is 5.75 Å². The molecule has 1 aromatic heterocycles. The van der Waals surface area contributed by atoms with Gasteiger partial charge in [-0.2, -0.15) is 0 Å². The third kappa shape index (κ3) is 4.31. The lowest BCUT2D eigenvalue weighted by molar-refractivity contribution is 0.122. The van der Waals surface area contributed by atoms with Crippen LogP contribution in [0.5, 0.6) is 5.75 Å². The Morgan fingerprint density at radius 3 is 2.53 bits per heavy atom. The summed E-state index contributed by atoms with van der Waals surface area (Å²) in [6, 6.07) is 27.6. The van der Waals surface area contributed by atoms with Gasteiger partial charge in [0.25, 0.3) is 0 Å². The monoisotopic (exact) mass is 424 g/mol. The van der Waals surface area contributed by atoms with E-state index in [4.69, 9.17) is 0 Å². The van der Waals surface area contributed by atoms with Crippen molar-refractivity contribution < 1.29 is 5.11 Å². The summed E-state index contributed by atoms with van der Waals surface area (Å²) in [4.78, 5) is 6.02. The minimum atomic E-state index is 0.223. The highest BCUT2D eigenvalue weighted by Crippen LogP contribution is 2.45. The number of phenols is 1. The van der Waals surface area contributed by atoms with Crippen LogP contribution in [0.4, 0.5) is 0 Å². The predicted molar refractivity (Wildman–Crippen MR) is 132 cm³/mol. The average molecular weight is 425 g/mol. The molecule has 0 radical (unpaired) electrons. The van der Waals surface area contributed by atoms with E-state index in [0.29, 0.717) is 11.7 Å². The standard InChI is InChI=1S/C29H32N2O/c32-28-18-7-5-15-26(28)29-25(22-11-2-1-3-12-22)16-10-20-31(29)19-9-8-13-23-21-30-27-17-6-4-14-24(23)27/h1-7,11-12,14-15,17-18,21,25,29-30,32H,8-10,13,16,19-20H2.